The van der Waals surface area contributed by atoms with Crippen LogP contribution in [-0.2, 0) is 23.6 Å². The summed E-state index contributed by atoms with van der Waals surface area (Å²) in [7, 11) is -2.27. The van der Waals surface area contributed by atoms with Crippen molar-refractivity contribution in [2.45, 2.75) is 18.4 Å². The number of nitrogens with zero attached hydrogens (tertiary/aromatic N) is 3. The van der Waals surface area contributed by atoms with Crippen LogP contribution in [0.2, 0.25) is 5.02 Å². The van der Waals surface area contributed by atoms with E-state index in [1.807, 2.05) is 0 Å². The van der Waals surface area contributed by atoms with E-state index in [1.54, 1.807) is 31.2 Å². The second-order valence-corrected chi connectivity index (χ2v) is 7.50. The SMILES string of the molecule is Cc1nn(C)c(=O)c2cc(S(=O)(=O)NCc3ccccc3Cl)cn12. The summed E-state index contributed by atoms with van der Waals surface area (Å²) >= 11 is 6.03. The second-order valence-electron chi connectivity index (χ2n) is 5.32. The first-order chi connectivity index (χ1) is 11.3. The summed E-state index contributed by atoms with van der Waals surface area (Å²) in [5.74, 6) is 0.514. The van der Waals surface area contributed by atoms with Crippen molar-refractivity contribution in [3.05, 3.63) is 63.3 Å². The molecule has 3 rings (SSSR count). The van der Waals surface area contributed by atoms with Gasteiger partial charge in [0.1, 0.15) is 16.2 Å². The first kappa shape index (κ1) is 16.7. The van der Waals surface area contributed by atoms with Crippen molar-refractivity contribution >= 4 is 27.1 Å². The molecule has 0 saturated heterocycles. The van der Waals surface area contributed by atoms with Gasteiger partial charge in [0.2, 0.25) is 10.0 Å². The fourth-order valence-corrected chi connectivity index (χ4v) is 3.62. The molecule has 0 aliphatic carbocycles. The van der Waals surface area contributed by atoms with Gasteiger partial charge >= 0.3 is 0 Å². The Morgan fingerprint density at radius 1 is 1.29 bits per heavy atom. The van der Waals surface area contributed by atoms with Crippen molar-refractivity contribution < 1.29 is 8.42 Å². The minimum Gasteiger partial charge on any atom is -0.298 e. The Kier molecular flexibility index (Phi) is 4.20. The Morgan fingerprint density at radius 3 is 2.71 bits per heavy atom. The van der Waals surface area contributed by atoms with E-state index < -0.39 is 10.0 Å². The zero-order valence-electron chi connectivity index (χ0n) is 13.0. The van der Waals surface area contributed by atoms with E-state index in [1.165, 1.54) is 28.4 Å². The van der Waals surface area contributed by atoms with Gasteiger partial charge in [-0.15, -0.1) is 0 Å². The molecule has 3 aromatic rings. The van der Waals surface area contributed by atoms with Crippen LogP contribution in [-0.4, -0.2) is 22.6 Å². The van der Waals surface area contributed by atoms with E-state index in [-0.39, 0.29) is 22.5 Å². The molecule has 0 aliphatic heterocycles. The van der Waals surface area contributed by atoms with E-state index in [0.717, 1.165) is 0 Å². The van der Waals surface area contributed by atoms with Crippen LogP contribution in [0.4, 0.5) is 0 Å². The van der Waals surface area contributed by atoms with Crippen molar-refractivity contribution in [1.82, 2.24) is 18.9 Å². The number of nitrogens with one attached hydrogen (secondary N) is 1. The molecule has 126 valence electrons. The van der Waals surface area contributed by atoms with Crippen LogP contribution in [0.3, 0.4) is 0 Å². The van der Waals surface area contributed by atoms with E-state index >= 15 is 0 Å². The molecule has 0 aliphatic rings. The van der Waals surface area contributed by atoms with Crippen LogP contribution in [0.5, 0.6) is 0 Å². The molecular weight excluding hydrogens is 352 g/mol. The van der Waals surface area contributed by atoms with Crippen LogP contribution in [0, 0.1) is 6.92 Å². The number of aryl methyl sites for hydroxylation is 2. The lowest BCUT2D eigenvalue weighted by molar-refractivity contribution is 0.581. The van der Waals surface area contributed by atoms with Crippen molar-refractivity contribution in [1.29, 1.82) is 0 Å². The fourth-order valence-electron chi connectivity index (χ4n) is 2.39. The summed E-state index contributed by atoms with van der Waals surface area (Å²) in [6.45, 7) is 1.75. The maximum Gasteiger partial charge on any atom is 0.290 e. The molecule has 9 heteroatoms. The number of rotatable bonds is 4. The van der Waals surface area contributed by atoms with Gasteiger partial charge in [-0.05, 0) is 24.6 Å². The van der Waals surface area contributed by atoms with E-state index in [9.17, 15) is 13.2 Å². The van der Waals surface area contributed by atoms with Crippen LogP contribution in [0.15, 0.2) is 46.2 Å². The van der Waals surface area contributed by atoms with Crippen molar-refractivity contribution in [2.75, 3.05) is 0 Å². The largest absolute Gasteiger partial charge is 0.298 e. The molecule has 0 atom stereocenters. The zero-order valence-corrected chi connectivity index (χ0v) is 14.6. The predicted molar refractivity (Wildman–Crippen MR) is 90.6 cm³/mol. The molecule has 24 heavy (non-hydrogen) atoms. The number of fused-ring (bicyclic) bond motifs is 1. The minimum absolute atomic E-state index is 0.00255. The molecule has 7 nitrogen and oxygen atoms in total. The number of benzene rings is 1. The highest BCUT2D eigenvalue weighted by molar-refractivity contribution is 7.89. The van der Waals surface area contributed by atoms with Gasteiger partial charge in [-0.1, -0.05) is 29.8 Å². The van der Waals surface area contributed by atoms with Gasteiger partial charge in [0.05, 0.1) is 0 Å². The van der Waals surface area contributed by atoms with E-state index in [0.29, 0.717) is 16.4 Å². The Hall–Kier alpha value is -2.16. The number of hydrogen-bond donors (Lipinski definition) is 1. The molecule has 0 fully saturated rings. The third-order valence-corrected chi connectivity index (χ3v) is 5.41. The lowest BCUT2D eigenvalue weighted by atomic mass is 10.2. The van der Waals surface area contributed by atoms with Crippen molar-refractivity contribution in [3.63, 3.8) is 0 Å². The normalized spacial score (nSPS) is 12.0. The molecule has 0 saturated carbocycles. The van der Waals surface area contributed by atoms with Gasteiger partial charge in [-0.25, -0.2) is 17.8 Å². The summed E-state index contributed by atoms with van der Waals surface area (Å²) in [6, 6.07) is 8.32. The molecule has 0 radical (unpaired) electrons. The maximum atomic E-state index is 12.5. The molecule has 1 aromatic carbocycles. The Labute approximate surface area is 143 Å². The number of sulfonamides is 1. The van der Waals surface area contributed by atoms with E-state index in [2.05, 4.69) is 9.82 Å². The molecular formula is C15H15ClN4O3S. The first-order valence-electron chi connectivity index (χ1n) is 7.09. The third-order valence-electron chi connectivity index (χ3n) is 3.67. The van der Waals surface area contributed by atoms with Crippen molar-refractivity contribution in [3.8, 4) is 0 Å². The van der Waals surface area contributed by atoms with E-state index in [4.69, 9.17) is 11.6 Å². The lowest BCUT2D eigenvalue weighted by Gasteiger charge is -2.06. The van der Waals surface area contributed by atoms with Gasteiger partial charge in [-0.2, -0.15) is 5.10 Å². The van der Waals surface area contributed by atoms with Crippen LogP contribution in [0.1, 0.15) is 11.4 Å². The molecule has 0 spiro atoms. The third kappa shape index (κ3) is 2.95. The maximum absolute atomic E-state index is 12.5. The topological polar surface area (TPSA) is 85.5 Å². The average molecular weight is 367 g/mol. The summed E-state index contributed by atoms with van der Waals surface area (Å²) in [5, 5.41) is 4.52. The van der Waals surface area contributed by atoms with Gasteiger partial charge in [0, 0.05) is 24.8 Å². The summed E-state index contributed by atoms with van der Waals surface area (Å²) in [6.07, 6.45) is 1.38. The van der Waals surface area contributed by atoms with Crippen LogP contribution in [0.25, 0.3) is 5.52 Å². The predicted octanol–water partition coefficient (Wildman–Crippen LogP) is 1.47. The fraction of sp³-hybridized carbons (Fsp3) is 0.200. The standard InChI is InChI=1S/C15H15ClN4O3S/c1-10-18-19(2)15(21)14-7-12(9-20(10)14)24(22,23)17-8-11-5-3-4-6-13(11)16/h3-7,9,17H,8H2,1-2H3. The molecule has 0 amide bonds. The summed E-state index contributed by atoms with van der Waals surface area (Å²) in [4.78, 5) is 12.1. The average Bonchev–Trinajstić information content (AvgIpc) is 2.99. The lowest BCUT2D eigenvalue weighted by Crippen LogP contribution is -2.23. The summed E-state index contributed by atoms with van der Waals surface area (Å²) < 4.78 is 30.1. The molecule has 2 aromatic heterocycles. The van der Waals surface area contributed by atoms with Crippen LogP contribution >= 0.6 is 11.6 Å². The number of halogens is 1. The Morgan fingerprint density at radius 2 is 2.00 bits per heavy atom. The minimum atomic E-state index is -3.79. The molecule has 0 bridgehead atoms. The molecule has 1 N–H and O–H groups in total. The summed E-state index contributed by atoms with van der Waals surface area (Å²) in [5.41, 5.74) is 0.552. The highest BCUT2D eigenvalue weighted by atomic mass is 35.5. The van der Waals surface area contributed by atoms with Gasteiger partial charge in [-0.3, -0.25) is 9.20 Å². The monoisotopic (exact) mass is 366 g/mol. The molecule has 2 heterocycles. The van der Waals surface area contributed by atoms with Gasteiger partial charge < -0.3 is 0 Å². The van der Waals surface area contributed by atoms with Gasteiger partial charge in [0.15, 0.2) is 0 Å². The quantitative estimate of drug-likeness (QED) is 0.757. The highest BCUT2D eigenvalue weighted by Crippen LogP contribution is 2.17. The smallest absolute Gasteiger partial charge is 0.290 e. The highest BCUT2D eigenvalue weighted by Gasteiger charge is 2.19. The number of aromatic nitrogens is 3. The second kappa shape index (κ2) is 6.04. The molecule has 0 unspecified atom stereocenters. The first-order valence-corrected chi connectivity index (χ1v) is 8.95. The van der Waals surface area contributed by atoms with Gasteiger partial charge in [0.25, 0.3) is 5.56 Å². The van der Waals surface area contributed by atoms with Crippen molar-refractivity contribution in [2.24, 2.45) is 7.05 Å². The zero-order chi connectivity index (χ0) is 17.5. The number of hydrogen-bond acceptors (Lipinski definition) is 4. The Bertz CT molecular complexity index is 1090. The van der Waals surface area contributed by atoms with Crippen LogP contribution < -0.4 is 10.3 Å². The Balaban J connectivity index is 1.97.